The molecular weight excluding hydrogens is 264 g/mol. The summed E-state index contributed by atoms with van der Waals surface area (Å²) in [4.78, 5) is 6.38. The molecule has 2 heterocycles. The Labute approximate surface area is 122 Å². The monoisotopic (exact) mass is 278 g/mol. The van der Waals surface area contributed by atoms with Crippen molar-refractivity contribution in [3.8, 4) is 0 Å². The molecule has 20 heavy (non-hydrogen) atoms. The number of rotatable bonds is 0. The lowest BCUT2D eigenvalue weighted by Gasteiger charge is -2.19. The molecule has 0 amide bonds. The van der Waals surface area contributed by atoms with Crippen molar-refractivity contribution >= 4 is 23.1 Å². The average molecular weight is 278 g/mol. The Kier molecular flexibility index (Phi) is 3.99. The van der Waals surface area contributed by atoms with Crippen LogP contribution in [0.3, 0.4) is 0 Å². The fourth-order valence-electron chi connectivity index (χ4n) is 1.89. The first-order valence-corrected chi connectivity index (χ1v) is 7.23. The molecule has 0 spiro atoms. The van der Waals surface area contributed by atoms with Gasteiger partial charge in [0.2, 0.25) is 0 Å². The summed E-state index contributed by atoms with van der Waals surface area (Å²) in [5, 5.41) is 3.42. The topological polar surface area (TPSA) is 24.9 Å². The molecule has 0 radical (unpaired) electrons. The molecule has 1 aliphatic rings. The highest BCUT2D eigenvalue weighted by Gasteiger charge is 2.13. The van der Waals surface area contributed by atoms with Crippen LogP contribution in [0.1, 0.15) is 0 Å². The van der Waals surface area contributed by atoms with Gasteiger partial charge in [-0.2, -0.15) is 0 Å². The van der Waals surface area contributed by atoms with Crippen molar-refractivity contribution in [1.29, 1.82) is 0 Å². The number of hydrogen-bond acceptors (Lipinski definition) is 3. The van der Waals surface area contributed by atoms with Gasteiger partial charge in [0, 0.05) is 22.2 Å². The third-order valence-corrected chi connectivity index (χ3v) is 3.98. The third-order valence-electron chi connectivity index (χ3n) is 2.83. The van der Waals surface area contributed by atoms with Gasteiger partial charge in [-0.3, -0.25) is 4.98 Å². The van der Waals surface area contributed by atoms with E-state index in [2.05, 4.69) is 58.8 Å². The number of anilines is 2. The fraction of sp³-hybridized carbons (Fsp3) is 0. The molecule has 4 rings (SSSR count). The van der Waals surface area contributed by atoms with Gasteiger partial charge in [-0.15, -0.1) is 0 Å². The van der Waals surface area contributed by atoms with E-state index in [-0.39, 0.29) is 0 Å². The Morgan fingerprint density at radius 1 is 0.650 bits per heavy atom. The van der Waals surface area contributed by atoms with Crippen molar-refractivity contribution in [2.24, 2.45) is 0 Å². The summed E-state index contributed by atoms with van der Waals surface area (Å²) in [6, 6.07) is 22.5. The largest absolute Gasteiger partial charge is 0.354 e. The summed E-state index contributed by atoms with van der Waals surface area (Å²) in [7, 11) is 0. The molecule has 1 N–H and O–H groups in total. The predicted octanol–water partition coefficient (Wildman–Crippen LogP) is 4.98. The van der Waals surface area contributed by atoms with E-state index >= 15 is 0 Å². The quantitative estimate of drug-likeness (QED) is 0.491. The van der Waals surface area contributed by atoms with Gasteiger partial charge in [-0.1, -0.05) is 42.1 Å². The molecule has 2 nitrogen and oxygen atoms in total. The van der Waals surface area contributed by atoms with Gasteiger partial charge in [-0.05, 0) is 36.4 Å². The lowest BCUT2D eigenvalue weighted by Crippen LogP contribution is -1.98. The Morgan fingerprint density at radius 3 is 1.65 bits per heavy atom. The first-order chi connectivity index (χ1) is 9.93. The van der Waals surface area contributed by atoms with E-state index in [4.69, 9.17) is 0 Å². The Bertz CT molecular complexity index is 569. The molecule has 3 aromatic rings. The van der Waals surface area contributed by atoms with Crippen LogP contribution in [0.25, 0.3) is 0 Å². The highest BCUT2D eigenvalue weighted by atomic mass is 32.2. The van der Waals surface area contributed by atoms with Gasteiger partial charge in [-0.25, -0.2) is 0 Å². The summed E-state index contributed by atoms with van der Waals surface area (Å²) in [5.74, 6) is 0. The predicted molar refractivity (Wildman–Crippen MR) is 84.5 cm³/mol. The standard InChI is InChI=1S/C12H9NS.C5H5N/c1-3-7-11-9(5-1)13-10-6-2-4-8-12(10)14-11;1-2-4-6-5-3-1/h1-8,13H;1-5H. The van der Waals surface area contributed by atoms with E-state index in [1.807, 2.05) is 30.0 Å². The molecule has 0 aliphatic carbocycles. The second kappa shape index (κ2) is 6.26. The number of nitrogens with zero attached hydrogens (tertiary/aromatic N) is 1. The molecule has 1 aromatic heterocycles. The lowest BCUT2D eigenvalue weighted by atomic mass is 10.2. The van der Waals surface area contributed by atoms with Crippen LogP contribution in [0.2, 0.25) is 0 Å². The van der Waals surface area contributed by atoms with Gasteiger partial charge < -0.3 is 5.32 Å². The van der Waals surface area contributed by atoms with E-state index < -0.39 is 0 Å². The second-order valence-electron chi connectivity index (χ2n) is 4.24. The van der Waals surface area contributed by atoms with Gasteiger partial charge in [0.15, 0.2) is 0 Å². The van der Waals surface area contributed by atoms with E-state index in [1.54, 1.807) is 12.4 Å². The smallest absolute Gasteiger partial charge is 0.0526 e. The number of fused-ring (bicyclic) bond motifs is 2. The zero-order chi connectivity index (χ0) is 13.6. The summed E-state index contributed by atoms with van der Waals surface area (Å²) in [6.45, 7) is 0. The van der Waals surface area contributed by atoms with Gasteiger partial charge >= 0.3 is 0 Å². The molecule has 3 heteroatoms. The van der Waals surface area contributed by atoms with Crippen LogP contribution >= 0.6 is 11.8 Å². The summed E-state index contributed by atoms with van der Waals surface area (Å²) in [6.07, 6.45) is 3.50. The maximum atomic E-state index is 3.78. The Balaban J connectivity index is 0.000000170. The van der Waals surface area contributed by atoms with E-state index in [0.29, 0.717) is 0 Å². The normalized spacial score (nSPS) is 11.2. The second-order valence-corrected chi connectivity index (χ2v) is 5.33. The highest BCUT2D eigenvalue weighted by Crippen LogP contribution is 2.43. The number of aromatic nitrogens is 1. The first kappa shape index (κ1) is 12.8. The van der Waals surface area contributed by atoms with Crippen molar-refractivity contribution in [2.45, 2.75) is 9.79 Å². The number of pyridine rings is 1. The molecule has 0 saturated heterocycles. The molecule has 0 unspecified atom stereocenters. The summed E-state index contributed by atoms with van der Waals surface area (Å²) in [5.41, 5.74) is 2.41. The molecule has 0 bridgehead atoms. The molecule has 0 saturated carbocycles. The molecule has 2 aromatic carbocycles. The van der Waals surface area contributed by atoms with E-state index in [0.717, 1.165) is 0 Å². The van der Waals surface area contributed by atoms with Crippen molar-refractivity contribution < 1.29 is 0 Å². The zero-order valence-corrected chi connectivity index (χ0v) is 11.7. The van der Waals surface area contributed by atoms with Crippen LogP contribution in [0.5, 0.6) is 0 Å². The van der Waals surface area contributed by atoms with Crippen LogP contribution in [-0.2, 0) is 0 Å². The van der Waals surface area contributed by atoms with Crippen LogP contribution in [0.15, 0.2) is 88.9 Å². The Morgan fingerprint density at radius 2 is 1.20 bits per heavy atom. The first-order valence-electron chi connectivity index (χ1n) is 6.41. The molecule has 1 aliphatic heterocycles. The highest BCUT2D eigenvalue weighted by molar-refractivity contribution is 7.99. The molecule has 98 valence electrons. The van der Waals surface area contributed by atoms with Gasteiger partial charge in [0.25, 0.3) is 0 Å². The molecule has 0 atom stereocenters. The van der Waals surface area contributed by atoms with Crippen LogP contribution in [0, 0.1) is 0 Å². The zero-order valence-electron chi connectivity index (χ0n) is 10.9. The minimum atomic E-state index is 1.20. The summed E-state index contributed by atoms with van der Waals surface area (Å²) < 4.78 is 0. The minimum Gasteiger partial charge on any atom is -0.354 e. The summed E-state index contributed by atoms with van der Waals surface area (Å²) >= 11 is 1.82. The van der Waals surface area contributed by atoms with Crippen molar-refractivity contribution in [1.82, 2.24) is 4.98 Å². The fourth-order valence-corrected chi connectivity index (χ4v) is 2.88. The maximum absolute atomic E-state index is 3.78. The van der Waals surface area contributed by atoms with Crippen molar-refractivity contribution in [3.05, 3.63) is 79.1 Å². The van der Waals surface area contributed by atoms with Crippen molar-refractivity contribution in [3.63, 3.8) is 0 Å². The average Bonchev–Trinajstić information content (AvgIpc) is 2.55. The van der Waals surface area contributed by atoms with Crippen LogP contribution in [-0.4, -0.2) is 4.98 Å². The van der Waals surface area contributed by atoms with Crippen LogP contribution < -0.4 is 5.32 Å². The SMILES string of the molecule is c1ccc2c(c1)Nc1ccccc1S2.c1ccncc1. The maximum Gasteiger partial charge on any atom is 0.0526 e. The molecule has 0 fully saturated rings. The molecular formula is C17H14N2S. The minimum absolute atomic E-state index is 1.20. The van der Waals surface area contributed by atoms with E-state index in [1.165, 1.54) is 21.2 Å². The van der Waals surface area contributed by atoms with Crippen LogP contribution in [0.4, 0.5) is 11.4 Å². The van der Waals surface area contributed by atoms with Crippen molar-refractivity contribution in [2.75, 3.05) is 5.32 Å². The Hall–Kier alpha value is -2.26. The number of hydrogen-bond donors (Lipinski definition) is 1. The third kappa shape index (κ3) is 3.00. The number of nitrogens with one attached hydrogen (secondary N) is 1. The number of benzene rings is 2. The van der Waals surface area contributed by atoms with E-state index in [9.17, 15) is 0 Å². The van der Waals surface area contributed by atoms with Gasteiger partial charge in [0.05, 0.1) is 11.4 Å². The lowest BCUT2D eigenvalue weighted by molar-refractivity contribution is 1.32. The van der Waals surface area contributed by atoms with Gasteiger partial charge in [0.1, 0.15) is 0 Å². The number of para-hydroxylation sites is 2.